The van der Waals surface area contributed by atoms with E-state index in [-0.39, 0.29) is 5.78 Å². The van der Waals surface area contributed by atoms with E-state index < -0.39 is 6.10 Å². The Morgan fingerprint density at radius 2 is 2.43 bits per heavy atom. The van der Waals surface area contributed by atoms with Gasteiger partial charge in [0.1, 0.15) is 0 Å². The molecule has 0 bridgehead atoms. The quantitative estimate of drug-likeness (QED) is 0.748. The highest BCUT2D eigenvalue weighted by Gasteiger charge is 2.11. The molecule has 1 aromatic heterocycles. The van der Waals surface area contributed by atoms with E-state index >= 15 is 0 Å². The zero-order valence-corrected chi connectivity index (χ0v) is 9.25. The number of nitrogens with zero attached hydrogens (tertiary/aromatic N) is 1. The van der Waals surface area contributed by atoms with Gasteiger partial charge in [0.05, 0.1) is 17.5 Å². The normalized spacial score (nSPS) is 13.1. The van der Waals surface area contributed by atoms with Crippen molar-refractivity contribution in [3.05, 3.63) is 22.4 Å². The van der Waals surface area contributed by atoms with Crippen molar-refractivity contribution < 1.29 is 9.90 Å². The molecule has 0 amide bonds. The number of Topliss-reactive ketones (excluding diaryl/α,β-unsaturated/α-hetero) is 1. The number of hydrogen-bond donors (Lipinski definition) is 1. The van der Waals surface area contributed by atoms with Gasteiger partial charge in [-0.1, -0.05) is 6.07 Å². The zero-order valence-electron chi connectivity index (χ0n) is 8.43. The number of likely N-dealkylation sites (N-methyl/N-ethyl adjacent to an activating group) is 1. The standard InChI is InChI=1S/C10H15NO2S/c1-8(12)6-11(2)7-9(13)10-4-3-5-14-10/h3-5,8,12H,6-7H2,1-2H3. The van der Waals surface area contributed by atoms with Crippen LogP contribution in [0.5, 0.6) is 0 Å². The molecule has 0 saturated heterocycles. The number of carbonyl (C=O) groups is 1. The van der Waals surface area contributed by atoms with Gasteiger partial charge in [0.2, 0.25) is 0 Å². The van der Waals surface area contributed by atoms with Crippen LogP contribution in [-0.4, -0.2) is 42.0 Å². The lowest BCUT2D eigenvalue weighted by Crippen LogP contribution is -2.31. The molecule has 14 heavy (non-hydrogen) atoms. The number of rotatable bonds is 5. The summed E-state index contributed by atoms with van der Waals surface area (Å²) in [6, 6.07) is 3.69. The van der Waals surface area contributed by atoms with Crippen LogP contribution in [0.4, 0.5) is 0 Å². The van der Waals surface area contributed by atoms with Crippen LogP contribution in [0.1, 0.15) is 16.6 Å². The molecule has 1 unspecified atom stereocenters. The van der Waals surface area contributed by atoms with Crippen molar-refractivity contribution in [3.8, 4) is 0 Å². The van der Waals surface area contributed by atoms with Crippen molar-refractivity contribution in [2.75, 3.05) is 20.1 Å². The highest BCUT2D eigenvalue weighted by molar-refractivity contribution is 7.12. The molecule has 78 valence electrons. The average Bonchev–Trinajstić information content (AvgIpc) is 2.53. The second-order valence-corrected chi connectivity index (χ2v) is 4.39. The molecule has 0 aliphatic rings. The molecular weight excluding hydrogens is 198 g/mol. The van der Waals surface area contributed by atoms with E-state index in [1.807, 2.05) is 29.5 Å². The smallest absolute Gasteiger partial charge is 0.186 e. The molecule has 0 aromatic carbocycles. The first-order valence-corrected chi connectivity index (χ1v) is 5.41. The maximum atomic E-state index is 11.6. The first-order chi connectivity index (χ1) is 6.59. The third-order valence-electron chi connectivity index (χ3n) is 1.79. The molecule has 0 fully saturated rings. The second-order valence-electron chi connectivity index (χ2n) is 3.45. The van der Waals surface area contributed by atoms with Crippen LogP contribution in [0.25, 0.3) is 0 Å². The minimum atomic E-state index is -0.392. The maximum Gasteiger partial charge on any atom is 0.186 e. The number of carbonyl (C=O) groups excluding carboxylic acids is 1. The van der Waals surface area contributed by atoms with E-state index in [1.54, 1.807) is 6.92 Å². The lowest BCUT2D eigenvalue weighted by molar-refractivity contribution is 0.0905. The molecule has 0 saturated carbocycles. The molecule has 0 aliphatic heterocycles. The number of aliphatic hydroxyl groups excluding tert-OH is 1. The summed E-state index contributed by atoms with van der Waals surface area (Å²) < 4.78 is 0. The summed E-state index contributed by atoms with van der Waals surface area (Å²) in [7, 11) is 1.83. The molecule has 4 heteroatoms. The van der Waals surface area contributed by atoms with Crippen molar-refractivity contribution in [1.29, 1.82) is 0 Å². The van der Waals surface area contributed by atoms with Crippen LogP contribution < -0.4 is 0 Å². The van der Waals surface area contributed by atoms with Gasteiger partial charge in [-0.3, -0.25) is 9.69 Å². The van der Waals surface area contributed by atoms with Gasteiger partial charge >= 0.3 is 0 Å². The summed E-state index contributed by atoms with van der Waals surface area (Å²) in [6.07, 6.45) is -0.392. The lowest BCUT2D eigenvalue weighted by atomic mass is 10.3. The SMILES string of the molecule is CC(O)CN(C)CC(=O)c1cccs1. The van der Waals surface area contributed by atoms with E-state index in [4.69, 9.17) is 5.11 Å². The Hall–Kier alpha value is -0.710. The van der Waals surface area contributed by atoms with Crippen LogP contribution in [0.2, 0.25) is 0 Å². The number of aliphatic hydroxyl groups is 1. The third-order valence-corrected chi connectivity index (χ3v) is 2.70. The molecule has 1 rings (SSSR count). The van der Waals surface area contributed by atoms with Gasteiger partial charge in [0.15, 0.2) is 5.78 Å². The predicted octanol–water partition coefficient (Wildman–Crippen LogP) is 1.24. The van der Waals surface area contributed by atoms with Crippen LogP contribution in [0.3, 0.4) is 0 Å². The van der Waals surface area contributed by atoms with Crippen LogP contribution in [-0.2, 0) is 0 Å². The Labute approximate surface area is 88.0 Å². The van der Waals surface area contributed by atoms with Crippen LogP contribution in [0, 0.1) is 0 Å². The third kappa shape index (κ3) is 3.57. The van der Waals surface area contributed by atoms with Gasteiger partial charge < -0.3 is 5.11 Å². The number of ketones is 1. The van der Waals surface area contributed by atoms with Crippen LogP contribution >= 0.6 is 11.3 Å². The van der Waals surface area contributed by atoms with Crippen molar-refractivity contribution >= 4 is 17.1 Å². The molecule has 3 nitrogen and oxygen atoms in total. The molecule has 1 aromatic rings. The van der Waals surface area contributed by atoms with Gasteiger partial charge in [-0.2, -0.15) is 0 Å². The van der Waals surface area contributed by atoms with E-state index in [9.17, 15) is 4.79 Å². The van der Waals surface area contributed by atoms with E-state index in [0.717, 1.165) is 4.88 Å². The largest absolute Gasteiger partial charge is 0.392 e. The molecule has 1 atom stereocenters. The van der Waals surface area contributed by atoms with Gasteiger partial charge in [0, 0.05) is 6.54 Å². The highest BCUT2D eigenvalue weighted by Crippen LogP contribution is 2.09. The summed E-state index contributed by atoms with van der Waals surface area (Å²) in [4.78, 5) is 14.2. The molecular formula is C10H15NO2S. The van der Waals surface area contributed by atoms with Gasteiger partial charge in [0.25, 0.3) is 0 Å². The Bertz CT molecular complexity index is 282. The van der Waals surface area contributed by atoms with Crippen molar-refractivity contribution in [3.63, 3.8) is 0 Å². The minimum absolute atomic E-state index is 0.114. The van der Waals surface area contributed by atoms with Gasteiger partial charge in [-0.25, -0.2) is 0 Å². The van der Waals surface area contributed by atoms with Gasteiger partial charge in [-0.15, -0.1) is 11.3 Å². The number of hydrogen-bond acceptors (Lipinski definition) is 4. The topological polar surface area (TPSA) is 40.5 Å². The van der Waals surface area contributed by atoms with E-state index in [0.29, 0.717) is 13.1 Å². The first kappa shape index (κ1) is 11.4. The zero-order chi connectivity index (χ0) is 10.6. The van der Waals surface area contributed by atoms with Crippen LogP contribution in [0.15, 0.2) is 17.5 Å². The van der Waals surface area contributed by atoms with E-state index in [1.165, 1.54) is 11.3 Å². The fraction of sp³-hybridized carbons (Fsp3) is 0.500. The predicted molar refractivity (Wildman–Crippen MR) is 57.8 cm³/mol. The Morgan fingerprint density at radius 3 is 2.93 bits per heavy atom. The monoisotopic (exact) mass is 213 g/mol. The van der Waals surface area contributed by atoms with Gasteiger partial charge in [-0.05, 0) is 25.4 Å². The fourth-order valence-corrected chi connectivity index (χ4v) is 1.93. The summed E-state index contributed by atoms with van der Waals surface area (Å²) >= 11 is 1.45. The highest BCUT2D eigenvalue weighted by atomic mass is 32.1. The number of thiophene rings is 1. The summed E-state index contributed by atoms with van der Waals surface area (Å²) in [5, 5.41) is 11.0. The second kappa shape index (κ2) is 5.24. The van der Waals surface area contributed by atoms with Crippen molar-refractivity contribution in [1.82, 2.24) is 4.90 Å². The van der Waals surface area contributed by atoms with E-state index in [2.05, 4.69) is 0 Å². The molecule has 0 radical (unpaired) electrons. The summed E-state index contributed by atoms with van der Waals surface area (Å²) in [5.41, 5.74) is 0. The Kier molecular flexibility index (Phi) is 4.25. The summed E-state index contributed by atoms with van der Waals surface area (Å²) in [5.74, 6) is 0.114. The Balaban J connectivity index is 2.41. The molecule has 1 heterocycles. The molecule has 0 spiro atoms. The summed E-state index contributed by atoms with van der Waals surface area (Å²) in [6.45, 7) is 2.61. The Morgan fingerprint density at radius 1 is 1.71 bits per heavy atom. The van der Waals surface area contributed by atoms with Crippen molar-refractivity contribution in [2.24, 2.45) is 0 Å². The fourth-order valence-electron chi connectivity index (χ4n) is 1.28. The molecule has 0 aliphatic carbocycles. The average molecular weight is 213 g/mol. The first-order valence-electron chi connectivity index (χ1n) is 4.53. The molecule has 1 N–H and O–H groups in total. The maximum absolute atomic E-state index is 11.6. The minimum Gasteiger partial charge on any atom is -0.392 e. The van der Waals surface area contributed by atoms with Crippen molar-refractivity contribution in [2.45, 2.75) is 13.0 Å². The lowest BCUT2D eigenvalue weighted by Gasteiger charge is -2.16.